The van der Waals surface area contributed by atoms with E-state index in [1.54, 1.807) is 6.20 Å². The highest BCUT2D eigenvalue weighted by molar-refractivity contribution is 9.10. The van der Waals surface area contributed by atoms with Crippen LogP contribution in [0.1, 0.15) is 13.8 Å². The van der Waals surface area contributed by atoms with Gasteiger partial charge in [0.25, 0.3) is 0 Å². The highest BCUT2D eigenvalue weighted by Gasteiger charge is 2.31. The van der Waals surface area contributed by atoms with Gasteiger partial charge in [-0.2, -0.15) is 0 Å². The molecule has 0 aromatic carbocycles. The summed E-state index contributed by atoms with van der Waals surface area (Å²) in [5, 5.41) is 2.93. The van der Waals surface area contributed by atoms with E-state index in [1.807, 2.05) is 30.9 Å². The van der Waals surface area contributed by atoms with Gasteiger partial charge in [-0.15, -0.1) is 0 Å². The zero-order chi connectivity index (χ0) is 13.8. The van der Waals surface area contributed by atoms with E-state index in [4.69, 9.17) is 4.74 Å². The van der Waals surface area contributed by atoms with Crippen molar-refractivity contribution in [3.63, 3.8) is 0 Å². The molecule has 1 aromatic heterocycles. The second-order valence-corrected chi connectivity index (χ2v) is 5.61. The number of pyridine rings is 1. The van der Waals surface area contributed by atoms with E-state index in [0.29, 0.717) is 19.8 Å². The Hall–Kier alpha value is -1.14. The molecule has 104 valence electrons. The average molecular weight is 328 g/mol. The second kappa shape index (κ2) is 6.34. The lowest BCUT2D eigenvalue weighted by Gasteiger charge is -2.36. The SMILES string of the molecule is CC(C)NC(=O)C1COCCN1c1ncccc1Br. The summed E-state index contributed by atoms with van der Waals surface area (Å²) in [6.07, 6.45) is 1.73. The van der Waals surface area contributed by atoms with E-state index in [9.17, 15) is 4.79 Å². The van der Waals surface area contributed by atoms with Gasteiger partial charge in [-0.25, -0.2) is 4.98 Å². The van der Waals surface area contributed by atoms with Crippen molar-refractivity contribution in [3.05, 3.63) is 22.8 Å². The minimum absolute atomic E-state index is 0.0211. The van der Waals surface area contributed by atoms with Gasteiger partial charge in [-0.05, 0) is 41.9 Å². The monoisotopic (exact) mass is 327 g/mol. The third-order valence-corrected chi connectivity index (χ3v) is 3.49. The lowest BCUT2D eigenvalue weighted by molar-refractivity contribution is -0.125. The molecule has 1 atom stereocenters. The molecule has 1 fully saturated rings. The molecule has 0 radical (unpaired) electrons. The number of nitrogens with one attached hydrogen (secondary N) is 1. The van der Waals surface area contributed by atoms with Crippen molar-refractivity contribution < 1.29 is 9.53 Å². The first-order chi connectivity index (χ1) is 9.09. The zero-order valence-corrected chi connectivity index (χ0v) is 12.7. The molecular weight excluding hydrogens is 310 g/mol. The van der Waals surface area contributed by atoms with Gasteiger partial charge in [0, 0.05) is 18.8 Å². The number of rotatable bonds is 3. The van der Waals surface area contributed by atoms with E-state index >= 15 is 0 Å². The molecule has 1 unspecified atom stereocenters. The Kier molecular flexibility index (Phi) is 4.76. The Balaban J connectivity index is 2.21. The Morgan fingerprint density at radius 3 is 3.11 bits per heavy atom. The molecule has 2 heterocycles. The summed E-state index contributed by atoms with van der Waals surface area (Å²) >= 11 is 3.48. The molecule has 1 N–H and O–H groups in total. The number of amides is 1. The van der Waals surface area contributed by atoms with Gasteiger partial charge in [0.05, 0.1) is 17.7 Å². The molecule has 1 amide bonds. The summed E-state index contributed by atoms with van der Waals surface area (Å²) in [5.41, 5.74) is 0. The molecule has 5 nitrogen and oxygen atoms in total. The number of carbonyl (C=O) groups is 1. The fourth-order valence-corrected chi connectivity index (χ4v) is 2.53. The van der Waals surface area contributed by atoms with Crippen molar-refractivity contribution in [3.8, 4) is 0 Å². The molecule has 2 rings (SSSR count). The van der Waals surface area contributed by atoms with E-state index in [2.05, 4.69) is 26.2 Å². The van der Waals surface area contributed by atoms with Crippen LogP contribution in [0.15, 0.2) is 22.8 Å². The molecule has 0 saturated carbocycles. The van der Waals surface area contributed by atoms with Gasteiger partial charge >= 0.3 is 0 Å². The Morgan fingerprint density at radius 1 is 1.63 bits per heavy atom. The van der Waals surface area contributed by atoms with Crippen LogP contribution in [0.2, 0.25) is 0 Å². The predicted molar refractivity (Wildman–Crippen MR) is 77.2 cm³/mol. The fraction of sp³-hybridized carbons (Fsp3) is 0.538. The Labute approximate surface area is 121 Å². The molecule has 1 aliphatic rings. The number of carbonyl (C=O) groups excluding carboxylic acids is 1. The van der Waals surface area contributed by atoms with Crippen molar-refractivity contribution in [2.45, 2.75) is 25.9 Å². The van der Waals surface area contributed by atoms with E-state index < -0.39 is 0 Å². The van der Waals surface area contributed by atoms with Crippen LogP contribution in [0.3, 0.4) is 0 Å². The van der Waals surface area contributed by atoms with Crippen LogP contribution in [0.5, 0.6) is 0 Å². The number of nitrogens with zero attached hydrogens (tertiary/aromatic N) is 2. The quantitative estimate of drug-likeness (QED) is 0.915. The van der Waals surface area contributed by atoms with Crippen molar-refractivity contribution >= 4 is 27.7 Å². The molecule has 1 aromatic rings. The molecule has 0 spiro atoms. The number of halogens is 1. The van der Waals surface area contributed by atoms with Crippen LogP contribution in [-0.2, 0) is 9.53 Å². The minimum Gasteiger partial charge on any atom is -0.377 e. The van der Waals surface area contributed by atoms with Gasteiger partial charge in [-0.1, -0.05) is 0 Å². The Bertz CT molecular complexity index is 453. The van der Waals surface area contributed by atoms with Crippen molar-refractivity contribution in [1.82, 2.24) is 10.3 Å². The third kappa shape index (κ3) is 3.45. The van der Waals surface area contributed by atoms with Crippen molar-refractivity contribution in [2.75, 3.05) is 24.7 Å². The van der Waals surface area contributed by atoms with Gasteiger partial charge in [0.2, 0.25) is 5.91 Å². The number of aromatic nitrogens is 1. The van der Waals surface area contributed by atoms with E-state index in [-0.39, 0.29) is 18.0 Å². The van der Waals surface area contributed by atoms with Crippen LogP contribution in [0.25, 0.3) is 0 Å². The Morgan fingerprint density at radius 2 is 2.42 bits per heavy atom. The number of anilines is 1. The first-order valence-corrected chi connectivity index (χ1v) is 7.14. The summed E-state index contributed by atoms with van der Waals surface area (Å²) < 4.78 is 6.32. The minimum atomic E-state index is -0.331. The van der Waals surface area contributed by atoms with Gasteiger partial charge in [0.1, 0.15) is 11.9 Å². The lowest BCUT2D eigenvalue weighted by Crippen LogP contribution is -2.55. The van der Waals surface area contributed by atoms with Crippen LogP contribution in [0, 0.1) is 0 Å². The molecule has 1 aliphatic heterocycles. The maximum atomic E-state index is 12.2. The molecule has 19 heavy (non-hydrogen) atoms. The summed E-state index contributed by atoms with van der Waals surface area (Å²) in [6.45, 7) is 5.55. The first kappa shape index (κ1) is 14.3. The lowest BCUT2D eigenvalue weighted by atomic mass is 10.2. The summed E-state index contributed by atoms with van der Waals surface area (Å²) in [6, 6.07) is 3.57. The third-order valence-electron chi connectivity index (χ3n) is 2.87. The average Bonchev–Trinajstić information content (AvgIpc) is 2.38. The standard InChI is InChI=1S/C13H18BrN3O2/c1-9(2)16-13(18)11-8-19-7-6-17(11)12-10(14)4-3-5-15-12/h3-5,9,11H,6-8H2,1-2H3,(H,16,18). The number of ether oxygens (including phenoxy) is 1. The largest absolute Gasteiger partial charge is 0.377 e. The smallest absolute Gasteiger partial charge is 0.245 e. The topological polar surface area (TPSA) is 54.5 Å². The predicted octanol–water partition coefficient (Wildman–Crippen LogP) is 1.57. The van der Waals surface area contributed by atoms with Crippen LogP contribution in [0.4, 0.5) is 5.82 Å². The highest BCUT2D eigenvalue weighted by Crippen LogP contribution is 2.26. The van der Waals surface area contributed by atoms with Gasteiger partial charge in [-0.3, -0.25) is 4.79 Å². The maximum Gasteiger partial charge on any atom is 0.245 e. The van der Waals surface area contributed by atoms with Crippen molar-refractivity contribution in [2.24, 2.45) is 0 Å². The van der Waals surface area contributed by atoms with Crippen molar-refractivity contribution in [1.29, 1.82) is 0 Å². The number of hydrogen-bond donors (Lipinski definition) is 1. The summed E-state index contributed by atoms with van der Waals surface area (Å²) in [5.74, 6) is 0.766. The fourth-order valence-electron chi connectivity index (χ4n) is 2.04. The first-order valence-electron chi connectivity index (χ1n) is 6.35. The zero-order valence-electron chi connectivity index (χ0n) is 11.1. The molecule has 6 heteroatoms. The number of morpholine rings is 1. The van der Waals surface area contributed by atoms with E-state index in [1.165, 1.54) is 0 Å². The van der Waals surface area contributed by atoms with Crippen LogP contribution >= 0.6 is 15.9 Å². The van der Waals surface area contributed by atoms with Crippen LogP contribution in [-0.4, -0.2) is 42.7 Å². The normalized spacial score (nSPS) is 19.6. The maximum absolute atomic E-state index is 12.2. The molecular formula is C13H18BrN3O2. The molecule has 1 saturated heterocycles. The second-order valence-electron chi connectivity index (χ2n) is 4.76. The molecule has 0 bridgehead atoms. The molecule has 0 aliphatic carbocycles. The summed E-state index contributed by atoms with van der Waals surface area (Å²) in [4.78, 5) is 18.6. The van der Waals surface area contributed by atoms with E-state index in [0.717, 1.165) is 10.3 Å². The summed E-state index contributed by atoms with van der Waals surface area (Å²) in [7, 11) is 0. The van der Waals surface area contributed by atoms with Gasteiger partial charge in [0.15, 0.2) is 0 Å². The number of hydrogen-bond acceptors (Lipinski definition) is 4. The van der Waals surface area contributed by atoms with Gasteiger partial charge < -0.3 is 15.0 Å². The van der Waals surface area contributed by atoms with Crippen LogP contribution < -0.4 is 10.2 Å². The highest BCUT2D eigenvalue weighted by atomic mass is 79.9.